The number of carboxylic acids is 1. The van der Waals surface area contributed by atoms with E-state index in [4.69, 9.17) is 9.52 Å². The molecule has 0 fully saturated rings. The molecule has 0 amide bonds. The van der Waals surface area contributed by atoms with Crippen LogP contribution in [0.2, 0.25) is 0 Å². The van der Waals surface area contributed by atoms with Gasteiger partial charge in [0.2, 0.25) is 0 Å². The van der Waals surface area contributed by atoms with E-state index < -0.39 is 11.6 Å². The Balaban J connectivity index is 2.57. The Morgan fingerprint density at radius 3 is 2.67 bits per heavy atom. The lowest BCUT2D eigenvalue weighted by Crippen LogP contribution is -2.12. The summed E-state index contributed by atoms with van der Waals surface area (Å²) in [5.74, 6) is -1.05. The maximum absolute atomic E-state index is 11.6. The zero-order chi connectivity index (χ0) is 13.3. The highest BCUT2D eigenvalue weighted by Crippen LogP contribution is 2.20. The van der Waals surface area contributed by atoms with E-state index in [1.54, 1.807) is 18.2 Å². The standard InChI is InChI=1S/C13H13NO4/c1-14(2)10-4-3-8-5-9(6-12(15)16)13(17)18-11(8)7-10/h3-5,7H,6H2,1-2H3,(H,15,16). The van der Waals surface area contributed by atoms with Gasteiger partial charge < -0.3 is 14.4 Å². The summed E-state index contributed by atoms with van der Waals surface area (Å²) in [4.78, 5) is 24.1. The zero-order valence-corrected chi connectivity index (χ0v) is 10.1. The largest absolute Gasteiger partial charge is 0.481 e. The molecule has 2 aromatic rings. The van der Waals surface area contributed by atoms with Gasteiger partial charge >= 0.3 is 11.6 Å². The molecular weight excluding hydrogens is 234 g/mol. The van der Waals surface area contributed by atoms with Crippen molar-refractivity contribution >= 4 is 22.6 Å². The van der Waals surface area contributed by atoms with Crippen LogP contribution in [-0.2, 0) is 11.2 Å². The normalized spacial score (nSPS) is 10.6. The van der Waals surface area contributed by atoms with Crippen LogP contribution in [0.3, 0.4) is 0 Å². The lowest BCUT2D eigenvalue weighted by molar-refractivity contribution is -0.136. The summed E-state index contributed by atoms with van der Waals surface area (Å²) in [5, 5.41) is 9.41. The molecule has 0 aliphatic carbocycles. The van der Waals surface area contributed by atoms with E-state index in [1.807, 2.05) is 25.1 Å². The van der Waals surface area contributed by atoms with Crippen molar-refractivity contribution in [1.82, 2.24) is 0 Å². The molecule has 1 heterocycles. The van der Waals surface area contributed by atoms with Crippen molar-refractivity contribution in [3.05, 3.63) is 40.2 Å². The first kappa shape index (κ1) is 12.2. The van der Waals surface area contributed by atoms with Crippen LogP contribution in [0.25, 0.3) is 11.0 Å². The number of rotatable bonds is 3. The van der Waals surface area contributed by atoms with Crippen molar-refractivity contribution in [3.8, 4) is 0 Å². The van der Waals surface area contributed by atoms with E-state index in [1.165, 1.54) is 0 Å². The molecule has 94 valence electrons. The Morgan fingerprint density at radius 1 is 1.33 bits per heavy atom. The molecule has 5 nitrogen and oxygen atoms in total. The highest BCUT2D eigenvalue weighted by atomic mass is 16.4. The number of hydrogen-bond acceptors (Lipinski definition) is 4. The first-order valence-electron chi connectivity index (χ1n) is 5.43. The highest BCUT2D eigenvalue weighted by Gasteiger charge is 2.09. The van der Waals surface area contributed by atoms with E-state index in [2.05, 4.69) is 0 Å². The van der Waals surface area contributed by atoms with Gasteiger partial charge in [0.25, 0.3) is 0 Å². The summed E-state index contributed by atoms with van der Waals surface area (Å²) in [5.41, 5.74) is 0.936. The van der Waals surface area contributed by atoms with Gasteiger partial charge in [-0.25, -0.2) is 4.79 Å². The number of carboxylic acid groups (broad SMARTS) is 1. The van der Waals surface area contributed by atoms with E-state index in [-0.39, 0.29) is 12.0 Å². The molecule has 0 radical (unpaired) electrons. The first-order chi connectivity index (χ1) is 8.47. The van der Waals surface area contributed by atoms with Gasteiger partial charge in [0.15, 0.2) is 0 Å². The van der Waals surface area contributed by atoms with Gasteiger partial charge in [0.1, 0.15) is 5.58 Å². The fourth-order valence-electron chi connectivity index (χ4n) is 1.71. The van der Waals surface area contributed by atoms with Crippen LogP contribution in [0.5, 0.6) is 0 Å². The fraction of sp³-hybridized carbons (Fsp3) is 0.231. The molecule has 0 bridgehead atoms. The number of carbonyl (C=O) groups is 1. The number of anilines is 1. The molecule has 18 heavy (non-hydrogen) atoms. The Labute approximate surface area is 103 Å². The van der Waals surface area contributed by atoms with Crippen molar-refractivity contribution < 1.29 is 14.3 Å². The molecule has 0 saturated carbocycles. The highest BCUT2D eigenvalue weighted by molar-refractivity contribution is 5.82. The molecule has 0 aliphatic rings. The van der Waals surface area contributed by atoms with Crippen LogP contribution >= 0.6 is 0 Å². The van der Waals surface area contributed by atoms with Crippen LogP contribution in [-0.4, -0.2) is 25.2 Å². The predicted molar refractivity (Wildman–Crippen MR) is 68.2 cm³/mol. The van der Waals surface area contributed by atoms with Gasteiger partial charge in [-0.1, -0.05) is 0 Å². The summed E-state index contributed by atoms with van der Waals surface area (Å²) in [6.45, 7) is 0. The molecule has 0 unspecified atom stereocenters. The quantitative estimate of drug-likeness (QED) is 0.832. The number of benzene rings is 1. The Hall–Kier alpha value is -2.30. The number of hydrogen-bond donors (Lipinski definition) is 1. The third-order valence-electron chi connectivity index (χ3n) is 2.65. The maximum Gasteiger partial charge on any atom is 0.340 e. The van der Waals surface area contributed by atoms with Gasteiger partial charge in [0, 0.05) is 36.8 Å². The molecule has 1 N–H and O–H groups in total. The number of aliphatic carboxylic acids is 1. The second kappa shape index (κ2) is 4.52. The third-order valence-corrected chi connectivity index (χ3v) is 2.65. The summed E-state index contributed by atoms with van der Waals surface area (Å²) in [6.07, 6.45) is -0.326. The SMILES string of the molecule is CN(C)c1ccc2cc(CC(=O)O)c(=O)oc2c1. The number of fused-ring (bicyclic) bond motifs is 1. The lowest BCUT2D eigenvalue weighted by Gasteiger charge is -2.12. The monoisotopic (exact) mass is 247 g/mol. The van der Waals surface area contributed by atoms with Crippen LogP contribution in [0.1, 0.15) is 5.56 Å². The Kier molecular flexibility index (Phi) is 3.06. The van der Waals surface area contributed by atoms with Gasteiger partial charge in [-0.15, -0.1) is 0 Å². The van der Waals surface area contributed by atoms with Crippen LogP contribution in [0, 0.1) is 0 Å². The van der Waals surface area contributed by atoms with Crippen LogP contribution < -0.4 is 10.5 Å². The maximum atomic E-state index is 11.6. The molecule has 0 aliphatic heterocycles. The smallest absolute Gasteiger partial charge is 0.340 e. The van der Waals surface area contributed by atoms with E-state index in [0.29, 0.717) is 5.58 Å². The Morgan fingerprint density at radius 2 is 2.06 bits per heavy atom. The molecule has 2 rings (SSSR count). The summed E-state index contributed by atoms with van der Waals surface area (Å²) in [7, 11) is 3.77. The zero-order valence-electron chi connectivity index (χ0n) is 10.1. The van der Waals surface area contributed by atoms with Crippen LogP contribution in [0.15, 0.2) is 33.5 Å². The van der Waals surface area contributed by atoms with Gasteiger partial charge in [-0.2, -0.15) is 0 Å². The van der Waals surface area contributed by atoms with Gasteiger partial charge in [-0.3, -0.25) is 4.79 Å². The minimum atomic E-state index is -1.05. The molecule has 0 atom stereocenters. The summed E-state index contributed by atoms with van der Waals surface area (Å²) < 4.78 is 5.14. The first-order valence-corrected chi connectivity index (χ1v) is 5.43. The lowest BCUT2D eigenvalue weighted by atomic mass is 10.1. The van der Waals surface area contributed by atoms with Crippen molar-refractivity contribution in [2.24, 2.45) is 0 Å². The molecule has 1 aromatic carbocycles. The van der Waals surface area contributed by atoms with Crippen molar-refractivity contribution in [1.29, 1.82) is 0 Å². The van der Waals surface area contributed by atoms with E-state index in [9.17, 15) is 9.59 Å². The van der Waals surface area contributed by atoms with Gasteiger partial charge in [0.05, 0.1) is 6.42 Å². The van der Waals surface area contributed by atoms with Crippen molar-refractivity contribution in [2.45, 2.75) is 6.42 Å². The summed E-state index contributed by atoms with van der Waals surface area (Å²) >= 11 is 0. The second-order valence-electron chi connectivity index (χ2n) is 4.25. The van der Waals surface area contributed by atoms with E-state index in [0.717, 1.165) is 11.1 Å². The van der Waals surface area contributed by atoms with Crippen LogP contribution in [0.4, 0.5) is 5.69 Å². The van der Waals surface area contributed by atoms with Crippen molar-refractivity contribution in [2.75, 3.05) is 19.0 Å². The average molecular weight is 247 g/mol. The molecule has 0 saturated heterocycles. The summed E-state index contributed by atoms with van der Waals surface area (Å²) in [6, 6.07) is 7.00. The molecule has 0 spiro atoms. The third kappa shape index (κ3) is 2.34. The molecule has 1 aromatic heterocycles. The number of nitrogens with zero attached hydrogens (tertiary/aromatic N) is 1. The van der Waals surface area contributed by atoms with E-state index >= 15 is 0 Å². The predicted octanol–water partition coefficient (Wildman–Crippen LogP) is 1.49. The second-order valence-corrected chi connectivity index (χ2v) is 4.25. The average Bonchev–Trinajstić information content (AvgIpc) is 2.28. The van der Waals surface area contributed by atoms with Crippen molar-refractivity contribution in [3.63, 3.8) is 0 Å². The Bertz CT molecular complexity index is 658. The fourth-order valence-corrected chi connectivity index (χ4v) is 1.71. The van der Waals surface area contributed by atoms with Gasteiger partial charge in [-0.05, 0) is 18.2 Å². The molecule has 5 heteroatoms. The topological polar surface area (TPSA) is 70.8 Å². The minimum absolute atomic E-state index is 0.160. The molecular formula is C13H13NO4. The minimum Gasteiger partial charge on any atom is -0.481 e.